The van der Waals surface area contributed by atoms with Gasteiger partial charge in [-0.2, -0.15) is 0 Å². The van der Waals surface area contributed by atoms with E-state index in [1.54, 1.807) is 6.26 Å². The maximum atomic E-state index is 8.70. The van der Waals surface area contributed by atoms with Gasteiger partial charge in [0.05, 0.1) is 11.3 Å². The first kappa shape index (κ1) is 27.0. The highest BCUT2D eigenvalue weighted by atomic mass is 16.3. The second kappa shape index (κ2) is 10.3. The highest BCUT2D eigenvalue weighted by molar-refractivity contribution is 6.20. The minimum absolute atomic E-state index is 0.255. The molecule has 1 aliphatic rings. The number of aryl methyl sites for hydroxylation is 1. The maximum Gasteiger partial charge on any atom is 0.117 e. The number of allylic oxidation sites excluding steroid dienone is 4. The molecule has 206 valence electrons. The Balaban J connectivity index is 0.000000156. The Kier molecular flexibility index (Phi) is 6.62. The molecule has 4 aromatic carbocycles. The summed E-state index contributed by atoms with van der Waals surface area (Å²) in [5, 5.41) is 14.1. The van der Waals surface area contributed by atoms with E-state index in [-0.39, 0.29) is 5.41 Å². The third-order valence-electron chi connectivity index (χ3n) is 8.51. The summed E-state index contributed by atoms with van der Waals surface area (Å²) in [6, 6.07) is 27.6. The van der Waals surface area contributed by atoms with Gasteiger partial charge in [-0.3, -0.25) is 10.4 Å². The second-order valence-corrected chi connectivity index (χ2v) is 11.0. The van der Waals surface area contributed by atoms with Crippen LogP contribution in [0.2, 0.25) is 0 Å². The molecule has 2 heterocycles. The molecule has 7 rings (SSSR count). The first-order chi connectivity index (χ1) is 20.3. The van der Waals surface area contributed by atoms with E-state index in [0.29, 0.717) is 17.0 Å². The Bertz CT molecular complexity index is 2100. The van der Waals surface area contributed by atoms with Gasteiger partial charge in [0.2, 0.25) is 0 Å². The predicted molar refractivity (Wildman–Crippen MR) is 179 cm³/mol. The van der Waals surface area contributed by atoms with Crippen molar-refractivity contribution in [3.05, 3.63) is 145 Å². The zero-order valence-corrected chi connectivity index (χ0v) is 24.2. The first-order valence-corrected chi connectivity index (χ1v) is 13.9. The fourth-order valence-electron chi connectivity index (χ4n) is 6.53. The number of rotatable bonds is 5. The van der Waals surface area contributed by atoms with Crippen LogP contribution in [0.1, 0.15) is 36.1 Å². The van der Waals surface area contributed by atoms with Crippen LogP contribution in [0.5, 0.6) is 0 Å². The number of fused-ring (bicyclic) bond motifs is 6. The van der Waals surface area contributed by atoms with Crippen molar-refractivity contribution < 1.29 is 4.42 Å². The number of nitrogens with one attached hydrogen (secondary N) is 1. The average molecular weight is 548 g/mol. The molecule has 2 aromatic heterocycles. The lowest BCUT2D eigenvalue weighted by molar-refractivity contribution is 0.567. The van der Waals surface area contributed by atoms with Crippen molar-refractivity contribution in [2.75, 3.05) is 0 Å². The summed E-state index contributed by atoms with van der Waals surface area (Å²) in [7, 11) is 2.14. The fourth-order valence-corrected chi connectivity index (χ4v) is 6.53. The number of hydrogen-bond donors (Lipinski definition) is 1. The van der Waals surface area contributed by atoms with E-state index in [9.17, 15) is 0 Å². The number of para-hydroxylation sites is 1. The minimum atomic E-state index is -0.255. The third kappa shape index (κ3) is 3.99. The van der Waals surface area contributed by atoms with Crippen LogP contribution in [0.15, 0.2) is 132 Å². The van der Waals surface area contributed by atoms with Crippen LogP contribution in [0.25, 0.3) is 38.2 Å². The van der Waals surface area contributed by atoms with Gasteiger partial charge in [-0.05, 0) is 51.9 Å². The lowest BCUT2D eigenvalue weighted by Crippen LogP contribution is -2.20. The van der Waals surface area contributed by atoms with Gasteiger partial charge >= 0.3 is 0 Å². The molecule has 0 atom stereocenters. The van der Waals surface area contributed by atoms with Crippen LogP contribution < -0.4 is 0 Å². The van der Waals surface area contributed by atoms with Gasteiger partial charge in [-0.1, -0.05) is 106 Å². The largest absolute Gasteiger partial charge is 0.470 e. The molecule has 1 N–H and O–H groups in total. The van der Waals surface area contributed by atoms with Crippen molar-refractivity contribution in [2.24, 2.45) is 12.0 Å². The summed E-state index contributed by atoms with van der Waals surface area (Å²) in [6.07, 6.45) is 6.81. The predicted octanol–water partition coefficient (Wildman–Crippen LogP) is 9.93. The van der Waals surface area contributed by atoms with E-state index in [0.717, 1.165) is 27.8 Å². The molecule has 0 aliphatic heterocycles. The summed E-state index contributed by atoms with van der Waals surface area (Å²) in [5.74, 6) is 0. The van der Waals surface area contributed by atoms with Crippen LogP contribution in [0, 0.1) is 5.41 Å². The van der Waals surface area contributed by atoms with Crippen LogP contribution in [0.4, 0.5) is 5.69 Å². The average Bonchev–Trinajstić information content (AvgIpc) is 3.68. The van der Waals surface area contributed by atoms with Crippen molar-refractivity contribution in [1.82, 2.24) is 4.57 Å². The molecule has 4 nitrogen and oxygen atoms in total. The lowest BCUT2D eigenvalue weighted by atomic mass is 9.77. The summed E-state index contributed by atoms with van der Waals surface area (Å²) in [5.41, 5.74) is 9.21. The molecular weight excluding hydrogens is 514 g/mol. The van der Waals surface area contributed by atoms with Gasteiger partial charge in [0.25, 0.3) is 0 Å². The SMILES string of the molecule is C=CC1=C(C=C)C(C)(C)c2c(C(=N)c3cocc3N=C)cccc21.Cn1c2ccccc2c2c3ccccc3ccc21. The molecule has 0 saturated carbocycles. The van der Waals surface area contributed by atoms with E-state index < -0.39 is 0 Å². The zero-order chi connectivity index (χ0) is 29.6. The van der Waals surface area contributed by atoms with Crippen molar-refractivity contribution in [1.29, 1.82) is 5.41 Å². The molecule has 0 bridgehead atoms. The van der Waals surface area contributed by atoms with Gasteiger partial charge in [0.15, 0.2) is 0 Å². The molecule has 0 radical (unpaired) electrons. The first-order valence-electron chi connectivity index (χ1n) is 13.9. The third-order valence-corrected chi connectivity index (χ3v) is 8.51. The number of aliphatic imine (C=N–C) groups is 1. The Morgan fingerprint density at radius 3 is 2.31 bits per heavy atom. The Morgan fingerprint density at radius 2 is 1.57 bits per heavy atom. The normalized spacial score (nSPS) is 13.6. The fraction of sp³-hybridized carbons (Fsp3) is 0.105. The molecule has 0 saturated heterocycles. The molecule has 0 unspecified atom stereocenters. The highest BCUT2D eigenvalue weighted by Gasteiger charge is 2.38. The monoisotopic (exact) mass is 547 g/mol. The number of furan rings is 1. The molecule has 4 heteroatoms. The lowest BCUT2D eigenvalue weighted by Gasteiger charge is -2.25. The quantitative estimate of drug-likeness (QED) is 0.215. The van der Waals surface area contributed by atoms with E-state index in [1.165, 1.54) is 38.8 Å². The summed E-state index contributed by atoms with van der Waals surface area (Å²) >= 11 is 0. The summed E-state index contributed by atoms with van der Waals surface area (Å²) in [6.45, 7) is 15.8. The van der Waals surface area contributed by atoms with Crippen molar-refractivity contribution in [2.45, 2.75) is 19.3 Å². The molecule has 0 fully saturated rings. The minimum Gasteiger partial charge on any atom is -0.470 e. The number of aromatic nitrogens is 1. The Hall–Kier alpha value is -5.22. The molecular formula is C38H33N3O. The molecule has 6 aromatic rings. The van der Waals surface area contributed by atoms with Gasteiger partial charge in [-0.15, -0.1) is 0 Å². The Morgan fingerprint density at radius 1 is 0.833 bits per heavy atom. The highest BCUT2D eigenvalue weighted by Crippen LogP contribution is 2.49. The smallest absolute Gasteiger partial charge is 0.117 e. The Labute approximate surface area is 246 Å². The summed E-state index contributed by atoms with van der Waals surface area (Å²) in [4.78, 5) is 3.94. The maximum absolute atomic E-state index is 8.70. The van der Waals surface area contributed by atoms with Crippen molar-refractivity contribution in [3.63, 3.8) is 0 Å². The van der Waals surface area contributed by atoms with Crippen LogP contribution >= 0.6 is 0 Å². The number of benzene rings is 4. The van der Waals surface area contributed by atoms with Crippen molar-refractivity contribution in [3.8, 4) is 0 Å². The van der Waals surface area contributed by atoms with Crippen LogP contribution in [0.3, 0.4) is 0 Å². The van der Waals surface area contributed by atoms with Gasteiger partial charge in [-0.25, -0.2) is 0 Å². The zero-order valence-electron chi connectivity index (χ0n) is 24.2. The standard InChI is InChI=1S/C21H20N2O.C17H13N/c1-6-13-14-9-8-10-15(19(14)21(3,4)17(13)7-2)20(22)16-11-24-12-18(16)23-5;1-18-15-9-5-4-8-14(15)17-13-7-3-2-6-12(13)10-11-16(17)18/h6-12,22H,1-2,5H2,3-4H3;2-11H,1H3. The molecule has 1 aliphatic carbocycles. The van der Waals surface area contributed by atoms with Gasteiger partial charge in [0, 0.05) is 39.8 Å². The van der Waals surface area contributed by atoms with Gasteiger partial charge < -0.3 is 8.98 Å². The van der Waals surface area contributed by atoms with Crippen molar-refractivity contribution >= 4 is 56.3 Å². The second-order valence-electron chi connectivity index (χ2n) is 11.0. The molecule has 42 heavy (non-hydrogen) atoms. The van der Waals surface area contributed by atoms with Crippen LogP contribution in [-0.4, -0.2) is 17.0 Å². The van der Waals surface area contributed by atoms with E-state index >= 15 is 0 Å². The van der Waals surface area contributed by atoms with Crippen LogP contribution in [-0.2, 0) is 12.5 Å². The number of nitrogens with zero attached hydrogens (tertiary/aromatic N) is 2. The number of hydrogen-bond acceptors (Lipinski definition) is 3. The topological polar surface area (TPSA) is 54.3 Å². The van der Waals surface area contributed by atoms with Gasteiger partial charge in [0.1, 0.15) is 18.2 Å². The molecule has 0 amide bonds. The molecule has 0 spiro atoms. The summed E-state index contributed by atoms with van der Waals surface area (Å²) < 4.78 is 7.49. The van der Waals surface area contributed by atoms with E-state index in [1.807, 2.05) is 24.3 Å². The van der Waals surface area contributed by atoms with E-state index in [2.05, 4.69) is 117 Å². The van der Waals surface area contributed by atoms with E-state index in [4.69, 9.17) is 9.83 Å².